The van der Waals surface area contributed by atoms with Gasteiger partial charge in [-0.05, 0) is 35.9 Å². The standard InChI is InChI=1S/C18H14N2OS2/c21-17(15-5-3-11-19-18(15)23)20-16-6-2-1-4-14(16)12-7-9-13(22)10-8-12/h1-11,22H,(H,19,23)(H,20,21). The molecule has 0 aliphatic rings. The first-order valence-corrected chi connectivity index (χ1v) is 7.88. The smallest absolute Gasteiger partial charge is 0.258 e. The molecule has 1 aromatic heterocycles. The molecule has 0 aliphatic carbocycles. The number of carbonyl (C=O) groups is 1. The summed E-state index contributed by atoms with van der Waals surface area (Å²) >= 11 is 9.46. The highest BCUT2D eigenvalue weighted by Crippen LogP contribution is 2.28. The normalized spacial score (nSPS) is 10.3. The van der Waals surface area contributed by atoms with Crippen molar-refractivity contribution in [3.05, 3.63) is 77.1 Å². The Kier molecular flexibility index (Phi) is 4.60. The third-order valence-corrected chi connectivity index (χ3v) is 4.05. The van der Waals surface area contributed by atoms with Crippen LogP contribution in [0.15, 0.2) is 71.8 Å². The van der Waals surface area contributed by atoms with Gasteiger partial charge in [-0.2, -0.15) is 0 Å². The molecule has 0 fully saturated rings. The van der Waals surface area contributed by atoms with Gasteiger partial charge < -0.3 is 10.3 Å². The Morgan fingerprint density at radius 3 is 2.48 bits per heavy atom. The van der Waals surface area contributed by atoms with E-state index in [4.69, 9.17) is 12.2 Å². The van der Waals surface area contributed by atoms with Crippen LogP contribution in [0.5, 0.6) is 0 Å². The van der Waals surface area contributed by atoms with E-state index in [-0.39, 0.29) is 5.91 Å². The van der Waals surface area contributed by atoms with Gasteiger partial charge in [-0.15, -0.1) is 12.6 Å². The van der Waals surface area contributed by atoms with Gasteiger partial charge in [0.25, 0.3) is 5.91 Å². The molecule has 0 bridgehead atoms. The summed E-state index contributed by atoms with van der Waals surface area (Å²) in [4.78, 5) is 16.2. The lowest BCUT2D eigenvalue weighted by Gasteiger charge is -2.11. The van der Waals surface area contributed by atoms with Crippen molar-refractivity contribution in [3.8, 4) is 11.1 Å². The molecule has 3 aromatic rings. The second kappa shape index (κ2) is 6.81. The molecular weight excluding hydrogens is 324 g/mol. The third kappa shape index (κ3) is 3.52. The van der Waals surface area contributed by atoms with Crippen LogP contribution < -0.4 is 5.32 Å². The second-order valence-electron chi connectivity index (χ2n) is 4.96. The Morgan fingerprint density at radius 1 is 1.00 bits per heavy atom. The first-order valence-electron chi connectivity index (χ1n) is 7.02. The number of carbonyl (C=O) groups excluding carboxylic acids is 1. The summed E-state index contributed by atoms with van der Waals surface area (Å²) in [5.74, 6) is -0.231. The predicted molar refractivity (Wildman–Crippen MR) is 98.7 cm³/mol. The predicted octanol–water partition coefficient (Wildman–Crippen LogP) is 4.95. The molecule has 2 aromatic carbocycles. The number of aromatic amines is 1. The number of hydrogen-bond donors (Lipinski definition) is 3. The fourth-order valence-corrected chi connectivity index (χ4v) is 2.65. The van der Waals surface area contributed by atoms with Crippen LogP contribution in [0, 0.1) is 4.64 Å². The lowest BCUT2D eigenvalue weighted by Crippen LogP contribution is -2.13. The highest BCUT2D eigenvalue weighted by Gasteiger charge is 2.11. The van der Waals surface area contributed by atoms with Crippen LogP contribution in [-0.4, -0.2) is 10.9 Å². The minimum Gasteiger partial charge on any atom is -0.352 e. The van der Waals surface area contributed by atoms with Gasteiger partial charge in [0.2, 0.25) is 0 Å². The van der Waals surface area contributed by atoms with Crippen LogP contribution in [-0.2, 0) is 0 Å². The van der Waals surface area contributed by atoms with Gasteiger partial charge >= 0.3 is 0 Å². The van der Waals surface area contributed by atoms with Crippen molar-refractivity contribution in [1.29, 1.82) is 0 Å². The highest BCUT2D eigenvalue weighted by atomic mass is 32.1. The van der Waals surface area contributed by atoms with Gasteiger partial charge in [-0.25, -0.2) is 0 Å². The summed E-state index contributed by atoms with van der Waals surface area (Å²) < 4.78 is 0.418. The number of thiol groups is 1. The molecule has 0 spiro atoms. The number of hydrogen-bond acceptors (Lipinski definition) is 3. The number of H-pyrrole nitrogens is 1. The Balaban J connectivity index is 1.95. The number of rotatable bonds is 3. The molecule has 3 rings (SSSR count). The molecule has 5 heteroatoms. The third-order valence-electron chi connectivity index (χ3n) is 3.42. The van der Waals surface area contributed by atoms with Gasteiger partial charge in [0.05, 0.1) is 5.56 Å². The monoisotopic (exact) mass is 338 g/mol. The van der Waals surface area contributed by atoms with E-state index >= 15 is 0 Å². The van der Waals surface area contributed by atoms with Crippen molar-refractivity contribution in [1.82, 2.24) is 4.98 Å². The molecule has 1 heterocycles. The van der Waals surface area contributed by atoms with Crippen molar-refractivity contribution < 1.29 is 4.79 Å². The average molecular weight is 338 g/mol. The largest absolute Gasteiger partial charge is 0.352 e. The van der Waals surface area contributed by atoms with E-state index in [0.29, 0.717) is 10.2 Å². The number of amides is 1. The summed E-state index contributed by atoms with van der Waals surface area (Å²) in [6.45, 7) is 0. The SMILES string of the molecule is O=C(Nc1ccccc1-c1ccc(S)cc1)c1ccc[nH]c1=S. The molecule has 0 saturated heterocycles. The molecule has 1 amide bonds. The molecule has 0 aliphatic heterocycles. The molecule has 0 atom stereocenters. The van der Waals surface area contributed by atoms with Gasteiger partial charge in [-0.1, -0.05) is 42.5 Å². The maximum absolute atomic E-state index is 12.5. The summed E-state index contributed by atoms with van der Waals surface area (Å²) in [7, 11) is 0. The van der Waals surface area contributed by atoms with Crippen LogP contribution in [0.1, 0.15) is 10.4 Å². The molecule has 0 radical (unpaired) electrons. The maximum Gasteiger partial charge on any atom is 0.258 e. The fraction of sp³-hybridized carbons (Fsp3) is 0. The lowest BCUT2D eigenvalue weighted by atomic mass is 10.0. The number of benzene rings is 2. The van der Waals surface area contributed by atoms with Gasteiger partial charge in [0.15, 0.2) is 0 Å². The van der Waals surface area contributed by atoms with Crippen molar-refractivity contribution in [2.75, 3.05) is 5.32 Å². The van der Waals surface area contributed by atoms with Crippen molar-refractivity contribution in [2.24, 2.45) is 0 Å². The number of nitrogens with one attached hydrogen (secondary N) is 2. The van der Waals surface area contributed by atoms with Crippen LogP contribution in [0.25, 0.3) is 11.1 Å². The van der Waals surface area contributed by atoms with E-state index < -0.39 is 0 Å². The van der Waals surface area contributed by atoms with Crippen molar-refractivity contribution >= 4 is 36.4 Å². The van der Waals surface area contributed by atoms with Crippen LogP contribution in [0.4, 0.5) is 5.69 Å². The number of aromatic nitrogens is 1. The summed E-state index contributed by atoms with van der Waals surface area (Å²) in [5.41, 5.74) is 3.14. The zero-order valence-corrected chi connectivity index (χ0v) is 13.8. The molecule has 23 heavy (non-hydrogen) atoms. The van der Waals surface area contributed by atoms with E-state index in [1.54, 1.807) is 18.3 Å². The van der Waals surface area contributed by atoms with E-state index in [0.717, 1.165) is 21.7 Å². The van der Waals surface area contributed by atoms with Gasteiger partial charge in [0, 0.05) is 22.3 Å². The van der Waals surface area contributed by atoms with E-state index in [2.05, 4.69) is 22.9 Å². The van der Waals surface area contributed by atoms with E-state index in [1.807, 2.05) is 48.5 Å². The zero-order valence-electron chi connectivity index (χ0n) is 12.1. The Morgan fingerprint density at radius 2 is 1.74 bits per heavy atom. The topological polar surface area (TPSA) is 44.9 Å². The van der Waals surface area contributed by atoms with Gasteiger partial charge in [-0.3, -0.25) is 4.79 Å². The van der Waals surface area contributed by atoms with Gasteiger partial charge in [0.1, 0.15) is 4.64 Å². The molecule has 2 N–H and O–H groups in total. The maximum atomic E-state index is 12.5. The average Bonchev–Trinajstić information content (AvgIpc) is 2.56. The molecule has 114 valence electrons. The Labute approximate surface area is 144 Å². The zero-order chi connectivity index (χ0) is 16.2. The first kappa shape index (κ1) is 15.5. The minimum absolute atomic E-state index is 0.231. The Bertz CT molecular complexity index is 901. The fourth-order valence-electron chi connectivity index (χ4n) is 2.27. The molecule has 0 unspecified atom stereocenters. The van der Waals surface area contributed by atoms with E-state index in [9.17, 15) is 4.79 Å². The second-order valence-corrected chi connectivity index (χ2v) is 5.88. The highest BCUT2D eigenvalue weighted by molar-refractivity contribution is 7.80. The number of para-hydroxylation sites is 1. The quantitative estimate of drug-likeness (QED) is 0.467. The number of anilines is 1. The first-order chi connectivity index (χ1) is 11.1. The van der Waals surface area contributed by atoms with Crippen LogP contribution >= 0.6 is 24.8 Å². The molecular formula is C18H14N2OS2. The van der Waals surface area contributed by atoms with Crippen molar-refractivity contribution in [3.63, 3.8) is 0 Å². The summed E-state index contributed by atoms with van der Waals surface area (Å²) in [5, 5.41) is 2.94. The summed E-state index contributed by atoms with van der Waals surface area (Å²) in [6, 6.07) is 18.9. The number of pyridine rings is 1. The van der Waals surface area contributed by atoms with Crippen LogP contribution in [0.3, 0.4) is 0 Å². The molecule has 0 saturated carbocycles. The van der Waals surface area contributed by atoms with Crippen molar-refractivity contribution in [2.45, 2.75) is 4.90 Å². The summed E-state index contributed by atoms with van der Waals surface area (Å²) in [6.07, 6.45) is 1.70. The minimum atomic E-state index is -0.231. The van der Waals surface area contributed by atoms with Crippen LogP contribution in [0.2, 0.25) is 0 Å². The molecule has 3 nitrogen and oxygen atoms in total. The van der Waals surface area contributed by atoms with E-state index in [1.165, 1.54) is 0 Å². The lowest BCUT2D eigenvalue weighted by molar-refractivity contribution is 0.102. The Hall–Kier alpha value is -2.37.